The molecule has 0 spiro atoms. The maximum atomic E-state index is 13.3. The molecule has 4 aromatic rings. The lowest BCUT2D eigenvalue weighted by Gasteiger charge is -2.15. The molecule has 1 N–H and O–H groups in total. The van der Waals surface area contributed by atoms with Gasteiger partial charge >= 0.3 is 0 Å². The monoisotopic (exact) mass is 443 g/mol. The van der Waals surface area contributed by atoms with E-state index in [1.54, 1.807) is 25.1 Å². The van der Waals surface area contributed by atoms with Crippen LogP contribution < -0.4 is 15.6 Å². The molecule has 33 heavy (non-hydrogen) atoms. The van der Waals surface area contributed by atoms with Crippen LogP contribution in [0.15, 0.2) is 72.0 Å². The number of ether oxygens (including phenoxy) is 1. The van der Waals surface area contributed by atoms with E-state index in [1.165, 1.54) is 4.52 Å². The molecule has 0 saturated heterocycles. The third kappa shape index (κ3) is 4.41. The topological polar surface area (TPSA) is 90.5 Å². The predicted octanol–water partition coefficient (Wildman–Crippen LogP) is 3.63. The molecule has 4 rings (SSSR count). The Labute approximate surface area is 191 Å². The van der Waals surface area contributed by atoms with Gasteiger partial charge in [-0.05, 0) is 26.0 Å². The molecular weight excluding hydrogens is 418 g/mol. The molecule has 2 aromatic carbocycles. The number of fused-ring (bicyclic) bond motifs is 1. The zero-order valence-corrected chi connectivity index (χ0v) is 18.6. The van der Waals surface area contributed by atoms with E-state index >= 15 is 0 Å². The fraction of sp³-hybridized carbons (Fsp3) is 0.200. The zero-order chi connectivity index (χ0) is 23.4. The minimum Gasteiger partial charge on any atom is -0.492 e. The van der Waals surface area contributed by atoms with Crippen molar-refractivity contribution >= 4 is 17.4 Å². The summed E-state index contributed by atoms with van der Waals surface area (Å²) in [4.78, 5) is 30.8. The first-order valence-corrected chi connectivity index (χ1v) is 10.7. The molecule has 0 atom stereocenters. The molecule has 0 aliphatic carbocycles. The summed E-state index contributed by atoms with van der Waals surface area (Å²) < 4.78 is 8.67. The summed E-state index contributed by atoms with van der Waals surface area (Å²) in [6.45, 7) is 8.39. The van der Waals surface area contributed by atoms with Gasteiger partial charge in [0.05, 0.1) is 18.7 Å². The number of anilines is 1. The maximum Gasteiger partial charge on any atom is 0.279 e. The van der Waals surface area contributed by atoms with E-state index in [9.17, 15) is 9.59 Å². The number of carbonyl (C=O) groups is 1. The Morgan fingerprint density at radius 2 is 1.88 bits per heavy atom. The molecule has 0 aliphatic rings. The molecule has 0 bridgehead atoms. The number of allylic oxidation sites excluding steroid dienone is 1. The van der Waals surface area contributed by atoms with Crippen molar-refractivity contribution in [2.45, 2.75) is 26.8 Å². The Hall–Kier alpha value is -4.20. The molecule has 8 heteroatoms. The third-order valence-corrected chi connectivity index (χ3v) is 5.27. The van der Waals surface area contributed by atoms with E-state index in [0.717, 1.165) is 5.56 Å². The normalized spacial score (nSPS) is 10.8. The Bertz CT molecular complexity index is 1370. The number of amides is 1. The fourth-order valence-corrected chi connectivity index (χ4v) is 3.68. The minimum absolute atomic E-state index is 0.112. The summed E-state index contributed by atoms with van der Waals surface area (Å²) in [7, 11) is 0. The van der Waals surface area contributed by atoms with Crippen LogP contribution >= 0.6 is 0 Å². The van der Waals surface area contributed by atoms with E-state index in [-0.39, 0.29) is 17.9 Å². The van der Waals surface area contributed by atoms with Gasteiger partial charge < -0.3 is 14.6 Å². The van der Waals surface area contributed by atoms with Gasteiger partial charge in [-0.3, -0.25) is 9.59 Å². The second kappa shape index (κ2) is 9.52. The van der Waals surface area contributed by atoms with Gasteiger partial charge in [-0.1, -0.05) is 48.5 Å². The Kier molecular flexibility index (Phi) is 6.35. The van der Waals surface area contributed by atoms with E-state index in [2.05, 4.69) is 22.0 Å². The van der Waals surface area contributed by atoms with Crippen molar-refractivity contribution in [3.8, 4) is 17.1 Å². The van der Waals surface area contributed by atoms with Crippen molar-refractivity contribution in [2.24, 2.45) is 0 Å². The van der Waals surface area contributed by atoms with Crippen molar-refractivity contribution in [2.75, 3.05) is 11.9 Å². The smallest absolute Gasteiger partial charge is 0.279 e. The predicted molar refractivity (Wildman–Crippen MR) is 128 cm³/mol. The summed E-state index contributed by atoms with van der Waals surface area (Å²) in [6.07, 6.45) is 1.61. The van der Waals surface area contributed by atoms with Gasteiger partial charge in [-0.2, -0.15) is 9.50 Å². The highest BCUT2D eigenvalue weighted by Crippen LogP contribution is 2.24. The highest BCUT2D eigenvalue weighted by molar-refractivity contribution is 5.93. The van der Waals surface area contributed by atoms with E-state index in [4.69, 9.17) is 4.74 Å². The number of rotatable bonds is 8. The summed E-state index contributed by atoms with van der Waals surface area (Å²) in [6, 6.07) is 16.6. The van der Waals surface area contributed by atoms with E-state index in [1.807, 2.05) is 54.0 Å². The maximum absolute atomic E-state index is 13.3. The first-order chi connectivity index (χ1) is 16.0. The highest BCUT2D eigenvalue weighted by Gasteiger charge is 2.20. The van der Waals surface area contributed by atoms with Crippen LogP contribution in [0.3, 0.4) is 0 Å². The van der Waals surface area contributed by atoms with Gasteiger partial charge in [0.15, 0.2) is 5.82 Å². The fourth-order valence-electron chi connectivity index (χ4n) is 3.68. The minimum atomic E-state index is -0.370. The molecule has 1 amide bonds. The van der Waals surface area contributed by atoms with Gasteiger partial charge in [0, 0.05) is 23.4 Å². The second-order valence-corrected chi connectivity index (χ2v) is 7.44. The van der Waals surface area contributed by atoms with Crippen LogP contribution in [0.4, 0.5) is 5.69 Å². The number of nitrogens with one attached hydrogen (secondary N) is 1. The molecule has 168 valence electrons. The van der Waals surface area contributed by atoms with Crippen molar-refractivity contribution in [3.63, 3.8) is 0 Å². The molecular formula is C25H25N5O3. The summed E-state index contributed by atoms with van der Waals surface area (Å²) in [5, 5.41) is 7.29. The average molecular weight is 444 g/mol. The summed E-state index contributed by atoms with van der Waals surface area (Å²) >= 11 is 0. The van der Waals surface area contributed by atoms with E-state index < -0.39 is 0 Å². The van der Waals surface area contributed by atoms with Crippen molar-refractivity contribution in [1.29, 1.82) is 0 Å². The summed E-state index contributed by atoms with van der Waals surface area (Å²) in [5.74, 6) is 1.10. The van der Waals surface area contributed by atoms with Crippen LogP contribution in [0.2, 0.25) is 0 Å². The first-order valence-electron chi connectivity index (χ1n) is 10.7. The quantitative estimate of drug-likeness (QED) is 0.420. The molecule has 0 unspecified atom stereocenters. The zero-order valence-electron chi connectivity index (χ0n) is 18.6. The standard InChI is InChI=1S/C25H25N5O3/c1-4-15-29-17(3)19(16-22(31)26-20-13-9-10-14-21(20)33-5-2)24(32)30-25(29)27-23(28-30)18-11-7-6-8-12-18/h4,6-14H,1,5,15-16H2,2-3H3,(H,26,31). The van der Waals surface area contributed by atoms with Crippen LogP contribution in [0.5, 0.6) is 5.75 Å². The Balaban J connectivity index is 1.74. The molecule has 8 nitrogen and oxygen atoms in total. The highest BCUT2D eigenvalue weighted by atomic mass is 16.5. The van der Waals surface area contributed by atoms with Crippen molar-refractivity contribution in [3.05, 3.63) is 88.9 Å². The number of hydrogen-bond donors (Lipinski definition) is 1. The lowest BCUT2D eigenvalue weighted by molar-refractivity contribution is -0.115. The molecule has 0 fully saturated rings. The summed E-state index contributed by atoms with van der Waals surface area (Å²) in [5.41, 5.74) is 1.98. The Morgan fingerprint density at radius 3 is 2.61 bits per heavy atom. The Morgan fingerprint density at radius 1 is 1.15 bits per heavy atom. The van der Waals surface area contributed by atoms with Crippen LogP contribution in [0.25, 0.3) is 17.2 Å². The molecule has 0 radical (unpaired) electrons. The van der Waals surface area contributed by atoms with Gasteiger partial charge in [-0.15, -0.1) is 11.7 Å². The van der Waals surface area contributed by atoms with Gasteiger partial charge in [0.25, 0.3) is 5.56 Å². The number of para-hydroxylation sites is 2. The van der Waals surface area contributed by atoms with Crippen molar-refractivity contribution < 1.29 is 9.53 Å². The lowest BCUT2D eigenvalue weighted by atomic mass is 10.1. The second-order valence-electron chi connectivity index (χ2n) is 7.44. The average Bonchev–Trinajstić information content (AvgIpc) is 3.27. The number of nitrogens with zero attached hydrogens (tertiary/aromatic N) is 4. The number of hydrogen-bond acceptors (Lipinski definition) is 5. The van der Waals surface area contributed by atoms with Gasteiger partial charge in [0.1, 0.15) is 5.75 Å². The van der Waals surface area contributed by atoms with Crippen molar-refractivity contribution in [1.82, 2.24) is 19.2 Å². The lowest BCUT2D eigenvalue weighted by Crippen LogP contribution is -2.29. The van der Waals surface area contributed by atoms with Crippen LogP contribution in [0.1, 0.15) is 18.2 Å². The molecule has 0 saturated carbocycles. The van der Waals surface area contributed by atoms with Crippen LogP contribution in [0, 0.1) is 6.92 Å². The van der Waals surface area contributed by atoms with Crippen LogP contribution in [-0.2, 0) is 17.8 Å². The largest absolute Gasteiger partial charge is 0.492 e. The SMILES string of the molecule is C=CCn1c(C)c(CC(=O)Nc2ccccc2OCC)c(=O)n2nc(-c3ccccc3)nc12. The number of benzene rings is 2. The van der Waals surface area contributed by atoms with E-state index in [0.29, 0.717) is 47.4 Å². The molecule has 2 heterocycles. The van der Waals surface area contributed by atoms with Crippen LogP contribution in [-0.4, -0.2) is 31.7 Å². The molecule has 0 aliphatic heterocycles. The third-order valence-electron chi connectivity index (χ3n) is 5.27. The first kappa shape index (κ1) is 22.0. The van der Waals surface area contributed by atoms with Gasteiger partial charge in [0.2, 0.25) is 11.7 Å². The molecule has 2 aromatic heterocycles. The number of aromatic nitrogens is 4. The number of carbonyl (C=O) groups excluding carboxylic acids is 1. The van der Waals surface area contributed by atoms with Gasteiger partial charge in [-0.25, -0.2) is 0 Å².